The summed E-state index contributed by atoms with van der Waals surface area (Å²) in [5.74, 6) is 0.406. The molecule has 0 aromatic carbocycles. The lowest BCUT2D eigenvalue weighted by Crippen LogP contribution is -2.31. The van der Waals surface area contributed by atoms with Gasteiger partial charge in [-0.15, -0.1) is 0 Å². The third kappa shape index (κ3) is 4.97. The third-order valence-electron chi connectivity index (χ3n) is 3.91. The topological polar surface area (TPSA) is 37.3 Å². The summed E-state index contributed by atoms with van der Waals surface area (Å²) in [6, 6.07) is 2.18. The average molecular weight is 303 g/mol. The zero-order valence-electron chi connectivity index (χ0n) is 14.5. The summed E-state index contributed by atoms with van der Waals surface area (Å²) in [6.45, 7) is 11.3. The molecule has 0 bridgehead atoms. The van der Waals surface area contributed by atoms with E-state index in [9.17, 15) is 4.79 Å². The van der Waals surface area contributed by atoms with Gasteiger partial charge in [-0.2, -0.15) is 0 Å². The Morgan fingerprint density at radius 3 is 2.73 bits per heavy atom. The van der Waals surface area contributed by atoms with Crippen LogP contribution in [0.15, 0.2) is 24.8 Å². The summed E-state index contributed by atoms with van der Waals surface area (Å²) >= 11 is 0. The molecule has 0 spiro atoms. The number of allylic oxidation sites excluding steroid dienone is 2. The van der Waals surface area contributed by atoms with Crippen LogP contribution in [0.25, 0.3) is 6.08 Å². The van der Waals surface area contributed by atoms with Crippen LogP contribution < -0.4 is 5.43 Å². The number of aromatic nitrogens is 1. The Balaban J connectivity index is 3.03. The van der Waals surface area contributed by atoms with E-state index in [2.05, 4.69) is 35.6 Å². The molecule has 1 N–H and O–H groups in total. The highest BCUT2D eigenvalue weighted by Gasteiger charge is 2.14. The lowest BCUT2D eigenvalue weighted by atomic mass is 10.1. The Morgan fingerprint density at radius 1 is 1.50 bits per heavy atom. The van der Waals surface area contributed by atoms with Crippen LogP contribution in [0.5, 0.6) is 0 Å². The van der Waals surface area contributed by atoms with Gasteiger partial charge in [0, 0.05) is 37.3 Å². The number of rotatable bonds is 9. The third-order valence-corrected chi connectivity index (χ3v) is 3.91. The molecule has 1 aromatic rings. The molecule has 0 saturated carbocycles. The van der Waals surface area contributed by atoms with E-state index >= 15 is 0 Å². The van der Waals surface area contributed by atoms with Gasteiger partial charge in [0.15, 0.2) is 0 Å². The van der Waals surface area contributed by atoms with Gasteiger partial charge in [-0.1, -0.05) is 38.7 Å². The van der Waals surface area contributed by atoms with Gasteiger partial charge in [-0.3, -0.25) is 10.2 Å². The Morgan fingerprint density at radius 2 is 2.18 bits per heavy atom. The first kappa shape index (κ1) is 18.4. The van der Waals surface area contributed by atoms with Crippen molar-refractivity contribution in [3.8, 4) is 0 Å². The standard InChI is InChI=1S/C18H29N3O/c1-7-8-9-16-12-17(13-20(6)19-5)21(15(16)4)11-10-18(22)14(2)3/h7-9,12,14,19H,1,10-11,13H2,2-6H3/b9-8-. The fourth-order valence-electron chi connectivity index (χ4n) is 2.35. The highest BCUT2D eigenvalue weighted by molar-refractivity contribution is 5.80. The van der Waals surface area contributed by atoms with Crippen LogP contribution in [0.3, 0.4) is 0 Å². The number of carbonyl (C=O) groups excluding carboxylic acids is 1. The Kier molecular flexibility index (Phi) is 7.28. The van der Waals surface area contributed by atoms with Crippen molar-refractivity contribution in [2.24, 2.45) is 5.92 Å². The van der Waals surface area contributed by atoms with Gasteiger partial charge in [0.25, 0.3) is 0 Å². The molecule has 1 heterocycles. The van der Waals surface area contributed by atoms with Gasteiger partial charge in [-0.05, 0) is 25.6 Å². The van der Waals surface area contributed by atoms with Crippen molar-refractivity contribution in [2.75, 3.05) is 14.1 Å². The summed E-state index contributed by atoms with van der Waals surface area (Å²) in [5.41, 5.74) is 6.68. The number of hydrogen-bond acceptors (Lipinski definition) is 3. The van der Waals surface area contributed by atoms with E-state index in [1.54, 1.807) is 6.08 Å². The molecular weight excluding hydrogens is 274 g/mol. The number of nitrogens with zero attached hydrogens (tertiary/aromatic N) is 2. The van der Waals surface area contributed by atoms with E-state index < -0.39 is 0 Å². The number of nitrogens with one attached hydrogen (secondary N) is 1. The fraction of sp³-hybridized carbons (Fsp3) is 0.500. The fourth-order valence-corrected chi connectivity index (χ4v) is 2.35. The molecule has 1 rings (SSSR count). The maximum absolute atomic E-state index is 11.9. The predicted octanol–water partition coefficient (Wildman–Crippen LogP) is 3.18. The Labute approximate surface area is 134 Å². The summed E-state index contributed by atoms with van der Waals surface area (Å²) in [7, 11) is 3.91. The molecule has 0 aliphatic heterocycles. The Bertz CT molecular complexity index is 541. The molecule has 22 heavy (non-hydrogen) atoms. The van der Waals surface area contributed by atoms with E-state index in [0.717, 1.165) is 13.1 Å². The van der Waals surface area contributed by atoms with Gasteiger partial charge >= 0.3 is 0 Å². The van der Waals surface area contributed by atoms with E-state index in [1.807, 2.05) is 39.0 Å². The number of ketones is 1. The first-order valence-corrected chi connectivity index (χ1v) is 7.80. The van der Waals surface area contributed by atoms with Crippen LogP contribution in [-0.4, -0.2) is 29.5 Å². The smallest absolute Gasteiger partial charge is 0.137 e. The van der Waals surface area contributed by atoms with Gasteiger partial charge < -0.3 is 4.57 Å². The summed E-state index contributed by atoms with van der Waals surface area (Å²) < 4.78 is 2.25. The zero-order chi connectivity index (χ0) is 16.7. The molecule has 4 heteroatoms. The molecule has 1 aromatic heterocycles. The second kappa shape index (κ2) is 8.71. The predicted molar refractivity (Wildman–Crippen MR) is 93.4 cm³/mol. The molecule has 0 aliphatic carbocycles. The van der Waals surface area contributed by atoms with Crippen LogP contribution in [0.1, 0.15) is 37.2 Å². The minimum absolute atomic E-state index is 0.0967. The Hall–Kier alpha value is -1.65. The first-order valence-electron chi connectivity index (χ1n) is 7.80. The van der Waals surface area contributed by atoms with Crippen molar-refractivity contribution < 1.29 is 4.79 Å². The van der Waals surface area contributed by atoms with Crippen LogP contribution in [0.4, 0.5) is 0 Å². The van der Waals surface area contributed by atoms with Crippen LogP contribution in [0.2, 0.25) is 0 Å². The molecule has 0 fully saturated rings. The van der Waals surface area contributed by atoms with E-state index in [-0.39, 0.29) is 5.92 Å². The SMILES string of the molecule is C=C/C=C\c1cc(CN(C)NC)n(CCC(=O)C(C)C)c1C. The average Bonchev–Trinajstić information content (AvgIpc) is 2.77. The minimum atomic E-state index is 0.0967. The van der Waals surface area contributed by atoms with Crippen LogP contribution >= 0.6 is 0 Å². The molecule has 0 amide bonds. The van der Waals surface area contributed by atoms with Crippen molar-refractivity contribution in [3.05, 3.63) is 41.7 Å². The second-order valence-corrected chi connectivity index (χ2v) is 5.87. The first-order chi connectivity index (χ1) is 10.4. The van der Waals surface area contributed by atoms with Crippen molar-refractivity contribution in [3.63, 3.8) is 0 Å². The molecule has 0 aliphatic rings. The quantitative estimate of drug-likeness (QED) is 0.562. The lowest BCUT2D eigenvalue weighted by molar-refractivity contribution is -0.122. The van der Waals surface area contributed by atoms with Gasteiger partial charge in [0.1, 0.15) is 5.78 Å². The number of hydrogen-bond donors (Lipinski definition) is 1. The van der Waals surface area contributed by atoms with Crippen molar-refractivity contribution in [2.45, 2.75) is 40.3 Å². The lowest BCUT2D eigenvalue weighted by Gasteiger charge is -2.18. The number of carbonyl (C=O) groups is 1. The van der Waals surface area contributed by atoms with Gasteiger partial charge in [0.05, 0.1) is 6.54 Å². The van der Waals surface area contributed by atoms with E-state index in [0.29, 0.717) is 12.2 Å². The second-order valence-electron chi connectivity index (χ2n) is 5.87. The highest BCUT2D eigenvalue weighted by Crippen LogP contribution is 2.19. The summed E-state index contributed by atoms with van der Waals surface area (Å²) in [6.07, 6.45) is 6.36. The van der Waals surface area contributed by atoms with Crippen LogP contribution in [-0.2, 0) is 17.9 Å². The maximum atomic E-state index is 11.9. The summed E-state index contributed by atoms with van der Waals surface area (Å²) in [5, 5.41) is 2.02. The molecule has 0 unspecified atom stereocenters. The number of Topliss-reactive ketones (excluding diaryl/α,β-unsaturated/α-hetero) is 1. The minimum Gasteiger partial charge on any atom is -0.347 e. The molecule has 122 valence electrons. The normalized spacial score (nSPS) is 11.8. The zero-order valence-corrected chi connectivity index (χ0v) is 14.5. The van der Waals surface area contributed by atoms with Crippen LogP contribution in [0, 0.1) is 12.8 Å². The molecule has 4 nitrogen and oxygen atoms in total. The summed E-state index contributed by atoms with van der Waals surface area (Å²) in [4.78, 5) is 11.9. The molecule has 0 saturated heterocycles. The monoisotopic (exact) mass is 303 g/mol. The molecule has 0 radical (unpaired) electrons. The van der Waals surface area contributed by atoms with E-state index in [4.69, 9.17) is 0 Å². The maximum Gasteiger partial charge on any atom is 0.137 e. The van der Waals surface area contributed by atoms with Gasteiger partial charge in [0.2, 0.25) is 0 Å². The van der Waals surface area contributed by atoms with Crippen molar-refractivity contribution in [1.29, 1.82) is 0 Å². The highest BCUT2D eigenvalue weighted by atomic mass is 16.1. The van der Waals surface area contributed by atoms with Gasteiger partial charge in [-0.25, -0.2) is 5.01 Å². The van der Waals surface area contributed by atoms with E-state index in [1.165, 1.54) is 17.0 Å². The molecular formula is C18H29N3O. The molecule has 0 atom stereocenters. The van der Waals surface area contributed by atoms with Crippen molar-refractivity contribution in [1.82, 2.24) is 15.0 Å². The largest absolute Gasteiger partial charge is 0.347 e. The number of hydrazine groups is 1. The van der Waals surface area contributed by atoms with Crippen molar-refractivity contribution >= 4 is 11.9 Å².